The van der Waals surface area contributed by atoms with Gasteiger partial charge in [0, 0.05) is 19.9 Å². The SMILES string of the molecule is COC(=O)c1cc(F)ccc1NC(C)C(OC)OC. The summed E-state index contributed by atoms with van der Waals surface area (Å²) in [6.07, 6.45) is -0.490. The van der Waals surface area contributed by atoms with Crippen molar-refractivity contribution in [3.05, 3.63) is 29.6 Å². The molecule has 5 nitrogen and oxygen atoms in total. The largest absolute Gasteiger partial charge is 0.465 e. The zero-order chi connectivity index (χ0) is 14.4. The van der Waals surface area contributed by atoms with Gasteiger partial charge in [0.2, 0.25) is 0 Å². The maximum atomic E-state index is 13.2. The van der Waals surface area contributed by atoms with Crippen LogP contribution in [0.4, 0.5) is 10.1 Å². The number of hydrogen-bond acceptors (Lipinski definition) is 5. The zero-order valence-corrected chi connectivity index (χ0v) is 11.4. The van der Waals surface area contributed by atoms with Gasteiger partial charge in [-0.2, -0.15) is 0 Å². The number of hydrogen-bond donors (Lipinski definition) is 1. The van der Waals surface area contributed by atoms with E-state index in [9.17, 15) is 9.18 Å². The summed E-state index contributed by atoms with van der Waals surface area (Å²) >= 11 is 0. The molecular formula is C13H18FNO4. The smallest absolute Gasteiger partial charge is 0.340 e. The van der Waals surface area contributed by atoms with Crippen LogP contribution in [0.3, 0.4) is 0 Å². The van der Waals surface area contributed by atoms with Gasteiger partial charge in [-0.25, -0.2) is 9.18 Å². The number of benzene rings is 1. The van der Waals surface area contributed by atoms with Gasteiger partial charge in [-0.1, -0.05) is 0 Å². The Balaban J connectivity index is 2.97. The molecule has 1 N–H and O–H groups in total. The molecule has 1 aromatic rings. The minimum atomic E-state index is -0.611. The lowest BCUT2D eigenvalue weighted by atomic mass is 10.1. The van der Waals surface area contributed by atoms with Crippen molar-refractivity contribution in [1.29, 1.82) is 0 Å². The van der Waals surface area contributed by atoms with Gasteiger partial charge in [0.15, 0.2) is 6.29 Å². The van der Waals surface area contributed by atoms with Gasteiger partial charge in [-0.3, -0.25) is 0 Å². The van der Waals surface area contributed by atoms with Crippen LogP contribution in [0.2, 0.25) is 0 Å². The summed E-state index contributed by atoms with van der Waals surface area (Å²) in [5.74, 6) is -1.12. The van der Waals surface area contributed by atoms with Gasteiger partial charge in [0.05, 0.1) is 18.7 Å². The number of carbonyl (C=O) groups excluding carboxylic acids is 1. The molecular weight excluding hydrogens is 253 g/mol. The fourth-order valence-corrected chi connectivity index (χ4v) is 1.74. The Morgan fingerprint density at radius 1 is 1.26 bits per heavy atom. The molecule has 1 atom stereocenters. The molecule has 1 aromatic carbocycles. The number of nitrogens with one attached hydrogen (secondary N) is 1. The molecule has 6 heteroatoms. The third kappa shape index (κ3) is 3.90. The average molecular weight is 271 g/mol. The molecule has 1 unspecified atom stereocenters. The Bertz CT molecular complexity index is 435. The quantitative estimate of drug-likeness (QED) is 0.633. The molecule has 0 bridgehead atoms. The highest BCUT2D eigenvalue weighted by molar-refractivity contribution is 5.95. The van der Waals surface area contributed by atoms with Crippen LogP contribution in [0.15, 0.2) is 18.2 Å². The minimum absolute atomic E-state index is 0.125. The Morgan fingerprint density at radius 3 is 2.42 bits per heavy atom. The van der Waals surface area contributed by atoms with Crippen molar-refractivity contribution in [2.75, 3.05) is 26.6 Å². The van der Waals surface area contributed by atoms with Crippen molar-refractivity contribution < 1.29 is 23.4 Å². The number of methoxy groups -OCH3 is 3. The molecule has 0 aliphatic heterocycles. The number of halogens is 1. The number of carbonyl (C=O) groups is 1. The highest BCUT2D eigenvalue weighted by atomic mass is 19.1. The molecule has 0 saturated carbocycles. The summed E-state index contributed by atoms with van der Waals surface area (Å²) in [6.45, 7) is 1.82. The van der Waals surface area contributed by atoms with Gasteiger partial charge in [0.25, 0.3) is 0 Å². The van der Waals surface area contributed by atoms with Crippen LogP contribution in [-0.2, 0) is 14.2 Å². The highest BCUT2D eigenvalue weighted by Crippen LogP contribution is 2.20. The predicted octanol–water partition coefficient (Wildman–Crippen LogP) is 2.03. The molecule has 0 amide bonds. The molecule has 0 spiro atoms. The predicted molar refractivity (Wildman–Crippen MR) is 68.6 cm³/mol. The average Bonchev–Trinajstić information content (AvgIpc) is 2.41. The Labute approximate surface area is 111 Å². The van der Waals surface area contributed by atoms with E-state index in [1.54, 1.807) is 0 Å². The van der Waals surface area contributed by atoms with E-state index in [-0.39, 0.29) is 11.6 Å². The Kier molecular flexibility index (Phi) is 5.72. The van der Waals surface area contributed by atoms with E-state index in [1.807, 2.05) is 6.92 Å². The molecule has 0 aliphatic carbocycles. The van der Waals surface area contributed by atoms with Gasteiger partial charge in [0.1, 0.15) is 5.82 Å². The van der Waals surface area contributed by atoms with Crippen molar-refractivity contribution in [1.82, 2.24) is 0 Å². The number of anilines is 1. The van der Waals surface area contributed by atoms with Crippen LogP contribution in [0.1, 0.15) is 17.3 Å². The van der Waals surface area contributed by atoms with Crippen molar-refractivity contribution in [2.45, 2.75) is 19.3 Å². The zero-order valence-electron chi connectivity index (χ0n) is 11.4. The summed E-state index contributed by atoms with van der Waals surface area (Å²) in [7, 11) is 4.27. The fourth-order valence-electron chi connectivity index (χ4n) is 1.74. The first-order chi connectivity index (χ1) is 9.03. The first-order valence-corrected chi connectivity index (χ1v) is 5.73. The Morgan fingerprint density at radius 2 is 1.89 bits per heavy atom. The monoisotopic (exact) mass is 271 g/mol. The normalized spacial score (nSPS) is 12.3. The third-order valence-electron chi connectivity index (χ3n) is 2.64. The van der Waals surface area contributed by atoms with Gasteiger partial charge in [-0.15, -0.1) is 0 Å². The first-order valence-electron chi connectivity index (χ1n) is 5.73. The molecule has 1 rings (SSSR count). The summed E-state index contributed by atoms with van der Waals surface area (Å²) < 4.78 is 28.0. The minimum Gasteiger partial charge on any atom is -0.465 e. The maximum absolute atomic E-state index is 13.2. The van der Waals surface area contributed by atoms with Crippen LogP contribution in [0.5, 0.6) is 0 Å². The topological polar surface area (TPSA) is 56.8 Å². The lowest BCUT2D eigenvalue weighted by Gasteiger charge is -2.24. The molecule has 0 saturated heterocycles. The molecule has 0 aromatic heterocycles. The first kappa shape index (κ1) is 15.4. The van der Waals surface area contributed by atoms with Crippen molar-refractivity contribution >= 4 is 11.7 Å². The van der Waals surface area contributed by atoms with E-state index in [1.165, 1.54) is 33.5 Å². The standard InChI is InChI=1S/C13H18FNO4/c1-8(13(18-3)19-4)15-11-6-5-9(14)7-10(11)12(16)17-2/h5-8,13,15H,1-4H3. The lowest BCUT2D eigenvalue weighted by Crippen LogP contribution is -2.34. The lowest BCUT2D eigenvalue weighted by molar-refractivity contribution is -0.109. The van der Waals surface area contributed by atoms with E-state index >= 15 is 0 Å². The number of ether oxygens (including phenoxy) is 3. The van der Waals surface area contributed by atoms with Crippen LogP contribution in [0, 0.1) is 5.82 Å². The molecule has 0 aliphatic rings. The highest BCUT2D eigenvalue weighted by Gasteiger charge is 2.19. The molecule has 19 heavy (non-hydrogen) atoms. The maximum Gasteiger partial charge on any atom is 0.340 e. The van der Waals surface area contributed by atoms with Gasteiger partial charge < -0.3 is 19.5 Å². The van der Waals surface area contributed by atoms with Crippen LogP contribution in [0.25, 0.3) is 0 Å². The fraction of sp³-hybridized carbons (Fsp3) is 0.462. The van der Waals surface area contributed by atoms with Crippen molar-refractivity contribution in [2.24, 2.45) is 0 Å². The van der Waals surface area contributed by atoms with E-state index in [2.05, 4.69) is 10.1 Å². The van der Waals surface area contributed by atoms with Crippen molar-refractivity contribution in [3.8, 4) is 0 Å². The second-order valence-electron chi connectivity index (χ2n) is 3.95. The van der Waals surface area contributed by atoms with Crippen LogP contribution < -0.4 is 5.32 Å². The summed E-state index contributed by atoms with van der Waals surface area (Å²) in [4.78, 5) is 11.6. The van der Waals surface area contributed by atoms with E-state index in [0.717, 1.165) is 6.07 Å². The summed E-state index contributed by atoms with van der Waals surface area (Å²) in [5, 5.41) is 3.04. The van der Waals surface area contributed by atoms with Gasteiger partial charge in [-0.05, 0) is 25.1 Å². The number of rotatable bonds is 6. The summed E-state index contributed by atoms with van der Waals surface area (Å²) in [6, 6.07) is 3.62. The van der Waals surface area contributed by atoms with Crippen LogP contribution >= 0.6 is 0 Å². The molecule has 0 radical (unpaired) electrons. The second kappa shape index (κ2) is 7.06. The van der Waals surface area contributed by atoms with E-state index in [0.29, 0.717) is 5.69 Å². The van der Waals surface area contributed by atoms with Crippen molar-refractivity contribution in [3.63, 3.8) is 0 Å². The second-order valence-corrected chi connectivity index (χ2v) is 3.95. The van der Waals surface area contributed by atoms with Crippen LogP contribution in [-0.4, -0.2) is 39.6 Å². The van der Waals surface area contributed by atoms with E-state index in [4.69, 9.17) is 9.47 Å². The van der Waals surface area contributed by atoms with Gasteiger partial charge >= 0.3 is 5.97 Å². The summed E-state index contributed by atoms with van der Waals surface area (Å²) in [5.41, 5.74) is 0.583. The molecule has 0 fully saturated rings. The number of esters is 1. The third-order valence-corrected chi connectivity index (χ3v) is 2.64. The molecule has 106 valence electrons. The van der Waals surface area contributed by atoms with E-state index < -0.39 is 18.1 Å². The Hall–Kier alpha value is -1.66. The molecule has 0 heterocycles.